The Bertz CT molecular complexity index is 447. The monoisotopic (exact) mass is 238 g/mol. The Morgan fingerprint density at radius 1 is 1.35 bits per heavy atom. The Morgan fingerprint density at radius 2 is 1.88 bits per heavy atom. The maximum Gasteiger partial charge on any atom is 0.340 e. The van der Waals surface area contributed by atoms with Crippen LogP contribution in [0.3, 0.4) is 0 Å². The highest BCUT2D eigenvalue weighted by atomic mass is 16.4. The second-order valence-electron chi connectivity index (χ2n) is 5.41. The summed E-state index contributed by atoms with van der Waals surface area (Å²) in [6.07, 6.45) is 0.567. The molecule has 0 aliphatic rings. The summed E-state index contributed by atoms with van der Waals surface area (Å²) in [6, 6.07) is 0. The molecule has 0 aliphatic heterocycles. The van der Waals surface area contributed by atoms with Gasteiger partial charge in [-0.1, -0.05) is 34.6 Å². The molecule has 4 nitrogen and oxygen atoms in total. The van der Waals surface area contributed by atoms with E-state index in [1.807, 2.05) is 34.6 Å². The molecular weight excluding hydrogens is 220 g/mol. The lowest BCUT2D eigenvalue weighted by molar-refractivity contribution is 0.0689. The molecule has 0 aromatic carbocycles. The van der Waals surface area contributed by atoms with Crippen molar-refractivity contribution in [2.45, 2.75) is 46.0 Å². The van der Waals surface area contributed by atoms with Gasteiger partial charge < -0.3 is 9.52 Å². The molecule has 1 aromatic heterocycles. The third-order valence-electron chi connectivity index (χ3n) is 2.51. The van der Waals surface area contributed by atoms with Crippen LogP contribution in [0.2, 0.25) is 0 Å². The average molecular weight is 238 g/mol. The Labute approximate surface area is 101 Å². The van der Waals surface area contributed by atoms with Crippen molar-refractivity contribution in [3.63, 3.8) is 0 Å². The molecule has 1 rings (SSSR count). The number of rotatable bonds is 3. The van der Waals surface area contributed by atoms with E-state index in [1.165, 1.54) is 0 Å². The molecule has 0 saturated carbocycles. The quantitative estimate of drug-likeness (QED) is 0.821. The van der Waals surface area contributed by atoms with Crippen molar-refractivity contribution in [3.8, 4) is 0 Å². The van der Waals surface area contributed by atoms with E-state index in [-0.39, 0.29) is 17.0 Å². The van der Waals surface area contributed by atoms with Crippen molar-refractivity contribution >= 4 is 12.3 Å². The summed E-state index contributed by atoms with van der Waals surface area (Å²) in [7, 11) is 0. The molecular formula is C13H18O4. The lowest BCUT2D eigenvalue weighted by Crippen LogP contribution is -2.15. The first kappa shape index (κ1) is 13.5. The summed E-state index contributed by atoms with van der Waals surface area (Å²) in [5.74, 6) is -0.338. The molecule has 0 unspecified atom stereocenters. The molecule has 1 N–H and O–H groups in total. The van der Waals surface area contributed by atoms with Crippen LogP contribution in [0.15, 0.2) is 4.42 Å². The number of aldehydes is 1. The van der Waals surface area contributed by atoms with Crippen LogP contribution < -0.4 is 0 Å². The van der Waals surface area contributed by atoms with Crippen LogP contribution in [0.5, 0.6) is 0 Å². The summed E-state index contributed by atoms with van der Waals surface area (Å²) in [4.78, 5) is 22.3. The van der Waals surface area contributed by atoms with E-state index in [1.54, 1.807) is 0 Å². The smallest absolute Gasteiger partial charge is 0.340 e. The molecule has 1 heterocycles. The Kier molecular flexibility index (Phi) is 3.45. The van der Waals surface area contributed by atoms with Crippen LogP contribution in [0.25, 0.3) is 0 Å². The Morgan fingerprint density at radius 3 is 2.18 bits per heavy atom. The van der Waals surface area contributed by atoms with Crippen LogP contribution >= 0.6 is 0 Å². The third-order valence-corrected chi connectivity index (χ3v) is 2.51. The molecule has 0 bridgehead atoms. The van der Waals surface area contributed by atoms with Gasteiger partial charge in [-0.2, -0.15) is 0 Å². The van der Waals surface area contributed by atoms with Crippen LogP contribution in [0, 0.1) is 0 Å². The lowest BCUT2D eigenvalue weighted by atomic mass is 9.89. The van der Waals surface area contributed by atoms with E-state index in [0.717, 1.165) is 0 Å². The summed E-state index contributed by atoms with van der Waals surface area (Å²) < 4.78 is 5.61. The number of aromatic carboxylic acids is 1. The van der Waals surface area contributed by atoms with E-state index in [2.05, 4.69) is 0 Å². The van der Waals surface area contributed by atoms with Crippen LogP contribution in [-0.4, -0.2) is 17.4 Å². The second-order valence-corrected chi connectivity index (χ2v) is 5.41. The minimum absolute atomic E-state index is 0.00352. The number of furan rings is 1. The summed E-state index contributed by atoms with van der Waals surface area (Å²) in [6.45, 7) is 9.30. The maximum absolute atomic E-state index is 11.3. The standard InChI is InChI=1S/C13H18O4/c1-7(2)10-8(6-14)9(12(15)16)11(17-10)13(3,4)5/h6-7H,1-5H3,(H,15,16). The van der Waals surface area contributed by atoms with Gasteiger partial charge in [0.05, 0.1) is 5.56 Å². The molecule has 0 fully saturated rings. The first-order valence-corrected chi connectivity index (χ1v) is 5.55. The maximum atomic E-state index is 11.3. The zero-order chi connectivity index (χ0) is 13.4. The van der Waals surface area contributed by atoms with E-state index in [0.29, 0.717) is 17.8 Å². The minimum atomic E-state index is -1.12. The van der Waals surface area contributed by atoms with Crippen LogP contribution in [-0.2, 0) is 5.41 Å². The van der Waals surface area contributed by atoms with Crippen molar-refractivity contribution in [1.82, 2.24) is 0 Å². The van der Waals surface area contributed by atoms with E-state index in [4.69, 9.17) is 4.42 Å². The fourth-order valence-corrected chi connectivity index (χ4v) is 1.75. The van der Waals surface area contributed by atoms with Crippen molar-refractivity contribution in [2.75, 3.05) is 0 Å². The number of carbonyl (C=O) groups is 2. The first-order chi connectivity index (χ1) is 7.70. The fraction of sp³-hybridized carbons (Fsp3) is 0.538. The van der Waals surface area contributed by atoms with Crippen LogP contribution in [0.4, 0.5) is 0 Å². The SMILES string of the molecule is CC(C)c1oc(C(C)(C)C)c(C(=O)O)c1C=O. The highest BCUT2D eigenvalue weighted by Gasteiger charge is 2.32. The normalized spacial score (nSPS) is 11.9. The third kappa shape index (κ3) is 2.40. The molecule has 0 amide bonds. The molecule has 0 aliphatic carbocycles. The van der Waals surface area contributed by atoms with E-state index < -0.39 is 11.4 Å². The number of carbonyl (C=O) groups excluding carboxylic acids is 1. The predicted molar refractivity (Wildman–Crippen MR) is 63.8 cm³/mol. The van der Waals surface area contributed by atoms with Gasteiger partial charge in [-0.25, -0.2) is 4.79 Å². The number of carboxylic acids is 1. The summed E-state index contributed by atoms with van der Waals surface area (Å²) in [5.41, 5.74) is -0.285. The van der Waals surface area contributed by atoms with Crippen LogP contribution in [0.1, 0.15) is 72.8 Å². The lowest BCUT2D eigenvalue weighted by Gasteiger charge is -2.16. The number of hydrogen-bond acceptors (Lipinski definition) is 3. The molecule has 0 saturated heterocycles. The summed E-state index contributed by atoms with van der Waals surface area (Å²) >= 11 is 0. The zero-order valence-corrected chi connectivity index (χ0v) is 10.8. The highest BCUT2D eigenvalue weighted by Crippen LogP contribution is 2.34. The molecule has 0 atom stereocenters. The van der Waals surface area contributed by atoms with Gasteiger partial charge in [-0.15, -0.1) is 0 Å². The minimum Gasteiger partial charge on any atom is -0.478 e. The zero-order valence-electron chi connectivity index (χ0n) is 10.8. The largest absolute Gasteiger partial charge is 0.478 e. The van der Waals surface area contributed by atoms with Gasteiger partial charge in [0.1, 0.15) is 17.1 Å². The van der Waals surface area contributed by atoms with Crippen molar-refractivity contribution in [3.05, 3.63) is 22.6 Å². The van der Waals surface area contributed by atoms with Gasteiger partial charge in [0.25, 0.3) is 0 Å². The Balaban J connectivity index is 3.62. The topological polar surface area (TPSA) is 67.5 Å². The fourth-order valence-electron chi connectivity index (χ4n) is 1.75. The van der Waals surface area contributed by atoms with Gasteiger partial charge in [0.2, 0.25) is 0 Å². The summed E-state index contributed by atoms with van der Waals surface area (Å²) in [5, 5.41) is 9.22. The van der Waals surface area contributed by atoms with Gasteiger partial charge in [0.15, 0.2) is 6.29 Å². The van der Waals surface area contributed by atoms with Gasteiger partial charge in [-0.3, -0.25) is 4.79 Å². The number of hydrogen-bond donors (Lipinski definition) is 1. The van der Waals surface area contributed by atoms with Crippen molar-refractivity contribution in [1.29, 1.82) is 0 Å². The van der Waals surface area contributed by atoms with E-state index in [9.17, 15) is 14.7 Å². The second kappa shape index (κ2) is 4.35. The van der Waals surface area contributed by atoms with Gasteiger partial charge in [-0.05, 0) is 0 Å². The van der Waals surface area contributed by atoms with Crippen molar-refractivity contribution < 1.29 is 19.1 Å². The molecule has 94 valence electrons. The van der Waals surface area contributed by atoms with Gasteiger partial charge >= 0.3 is 5.97 Å². The molecule has 0 radical (unpaired) electrons. The number of carboxylic acid groups (broad SMARTS) is 1. The van der Waals surface area contributed by atoms with Gasteiger partial charge in [0, 0.05) is 11.3 Å². The first-order valence-electron chi connectivity index (χ1n) is 5.55. The molecule has 0 spiro atoms. The Hall–Kier alpha value is -1.58. The van der Waals surface area contributed by atoms with Crippen molar-refractivity contribution in [2.24, 2.45) is 0 Å². The predicted octanol–water partition coefficient (Wildman–Crippen LogP) is 3.21. The van der Waals surface area contributed by atoms with E-state index >= 15 is 0 Å². The average Bonchev–Trinajstić information content (AvgIpc) is 2.55. The molecule has 17 heavy (non-hydrogen) atoms. The highest BCUT2D eigenvalue weighted by molar-refractivity contribution is 5.99. The molecule has 1 aromatic rings. The molecule has 4 heteroatoms.